The third-order valence-electron chi connectivity index (χ3n) is 3.24. The van der Waals surface area contributed by atoms with E-state index in [1.165, 1.54) is 0 Å². The molecule has 5 nitrogen and oxygen atoms in total. The molecule has 0 spiro atoms. The van der Waals surface area contributed by atoms with Crippen LogP contribution >= 0.6 is 0 Å². The van der Waals surface area contributed by atoms with Gasteiger partial charge in [0.25, 0.3) is 0 Å². The summed E-state index contributed by atoms with van der Waals surface area (Å²) < 4.78 is 0. The Morgan fingerprint density at radius 3 is 2.37 bits per heavy atom. The Morgan fingerprint density at radius 2 is 1.79 bits per heavy atom. The largest absolute Gasteiger partial charge is 0.359 e. The summed E-state index contributed by atoms with van der Waals surface area (Å²) in [6.45, 7) is 1.67. The molecular weight excluding hydrogens is 242 g/mol. The fourth-order valence-electron chi connectivity index (χ4n) is 2.10. The van der Waals surface area contributed by atoms with Crippen molar-refractivity contribution >= 4 is 17.6 Å². The second-order valence-corrected chi connectivity index (χ2v) is 4.67. The molecule has 1 aromatic carbocycles. The van der Waals surface area contributed by atoms with Crippen molar-refractivity contribution in [3.8, 4) is 0 Å². The number of urea groups is 1. The van der Waals surface area contributed by atoms with Gasteiger partial charge in [-0.2, -0.15) is 0 Å². The topological polar surface area (TPSA) is 61.4 Å². The number of nitrogens with zero attached hydrogens (tertiary/aromatic N) is 1. The molecule has 0 aliphatic carbocycles. The lowest BCUT2D eigenvalue weighted by Gasteiger charge is -2.16. The summed E-state index contributed by atoms with van der Waals surface area (Å²) in [6, 6.07) is 7.32. The van der Waals surface area contributed by atoms with Crippen LogP contribution in [0.1, 0.15) is 18.4 Å². The lowest BCUT2D eigenvalue weighted by molar-refractivity contribution is -0.119. The molecule has 2 N–H and O–H groups in total. The summed E-state index contributed by atoms with van der Waals surface area (Å²) in [7, 11) is 1.62. The Balaban J connectivity index is 1.91. The number of likely N-dealkylation sites (tertiary alicyclic amines) is 1. The monoisotopic (exact) mass is 261 g/mol. The summed E-state index contributed by atoms with van der Waals surface area (Å²) in [5, 5.41) is 5.45. The molecule has 1 aliphatic rings. The van der Waals surface area contributed by atoms with Gasteiger partial charge in [-0.3, -0.25) is 4.79 Å². The highest BCUT2D eigenvalue weighted by atomic mass is 16.2. The van der Waals surface area contributed by atoms with Crippen LogP contribution in [0.2, 0.25) is 0 Å². The molecule has 1 aliphatic heterocycles. The number of anilines is 1. The Kier molecular flexibility index (Phi) is 4.39. The Morgan fingerprint density at radius 1 is 1.16 bits per heavy atom. The molecule has 1 heterocycles. The minimum Gasteiger partial charge on any atom is -0.359 e. The lowest BCUT2D eigenvalue weighted by Crippen LogP contribution is -2.32. The smallest absolute Gasteiger partial charge is 0.321 e. The molecule has 3 amide bonds. The van der Waals surface area contributed by atoms with E-state index in [0.717, 1.165) is 37.2 Å². The highest BCUT2D eigenvalue weighted by Crippen LogP contribution is 2.13. The van der Waals surface area contributed by atoms with Crippen LogP contribution in [-0.2, 0) is 11.2 Å². The molecular formula is C14H19N3O2. The molecule has 19 heavy (non-hydrogen) atoms. The first kappa shape index (κ1) is 13.4. The molecule has 0 atom stereocenters. The normalized spacial score (nSPS) is 14.3. The van der Waals surface area contributed by atoms with Crippen molar-refractivity contribution in [2.75, 3.05) is 25.5 Å². The summed E-state index contributed by atoms with van der Waals surface area (Å²) >= 11 is 0. The first-order valence-corrected chi connectivity index (χ1v) is 6.54. The quantitative estimate of drug-likeness (QED) is 0.868. The van der Waals surface area contributed by atoms with Gasteiger partial charge in [-0.05, 0) is 30.5 Å². The number of hydrogen-bond donors (Lipinski definition) is 2. The van der Waals surface area contributed by atoms with Crippen LogP contribution in [0.4, 0.5) is 10.5 Å². The molecule has 0 radical (unpaired) electrons. The van der Waals surface area contributed by atoms with Crippen molar-refractivity contribution in [3.05, 3.63) is 29.8 Å². The van der Waals surface area contributed by atoms with Crippen LogP contribution in [0.25, 0.3) is 0 Å². The number of nitrogens with one attached hydrogen (secondary N) is 2. The van der Waals surface area contributed by atoms with Gasteiger partial charge in [-0.25, -0.2) is 4.79 Å². The van der Waals surface area contributed by atoms with E-state index in [4.69, 9.17) is 0 Å². The predicted molar refractivity (Wildman–Crippen MR) is 74.0 cm³/mol. The van der Waals surface area contributed by atoms with Gasteiger partial charge < -0.3 is 15.5 Å². The molecule has 102 valence electrons. The minimum absolute atomic E-state index is 0.0196. The van der Waals surface area contributed by atoms with E-state index in [1.807, 2.05) is 29.2 Å². The number of amides is 3. The van der Waals surface area contributed by atoms with Crippen molar-refractivity contribution < 1.29 is 9.59 Å². The van der Waals surface area contributed by atoms with Crippen LogP contribution in [0.15, 0.2) is 24.3 Å². The average Bonchev–Trinajstić information content (AvgIpc) is 2.95. The van der Waals surface area contributed by atoms with Gasteiger partial charge >= 0.3 is 6.03 Å². The maximum atomic E-state index is 11.9. The Bertz CT molecular complexity index is 450. The van der Waals surface area contributed by atoms with E-state index in [2.05, 4.69) is 10.6 Å². The van der Waals surface area contributed by atoms with Crippen molar-refractivity contribution in [1.82, 2.24) is 10.2 Å². The van der Waals surface area contributed by atoms with Gasteiger partial charge in [0.1, 0.15) is 0 Å². The Hall–Kier alpha value is -2.04. The van der Waals surface area contributed by atoms with Gasteiger partial charge in [-0.15, -0.1) is 0 Å². The van der Waals surface area contributed by atoms with Gasteiger partial charge in [0, 0.05) is 25.8 Å². The Labute approximate surface area is 113 Å². The second-order valence-electron chi connectivity index (χ2n) is 4.67. The zero-order chi connectivity index (χ0) is 13.7. The van der Waals surface area contributed by atoms with E-state index in [-0.39, 0.29) is 11.9 Å². The van der Waals surface area contributed by atoms with Gasteiger partial charge in [-0.1, -0.05) is 12.1 Å². The first-order chi connectivity index (χ1) is 9.19. The lowest BCUT2D eigenvalue weighted by atomic mass is 10.1. The summed E-state index contributed by atoms with van der Waals surface area (Å²) in [5.74, 6) is -0.0196. The minimum atomic E-state index is -0.0449. The third-order valence-corrected chi connectivity index (χ3v) is 3.24. The SMILES string of the molecule is CNC(=O)Cc1ccc(NC(=O)N2CCCC2)cc1. The standard InChI is InChI=1S/C14H19N3O2/c1-15-13(18)10-11-4-6-12(7-5-11)16-14(19)17-8-2-3-9-17/h4-7H,2-3,8-10H2,1H3,(H,15,18)(H,16,19). The fourth-order valence-corrected chi connectivity index (χ4v) is 2.10. The summed E-state index contributed by atoms with van der Waals surface area (Å²) in [4.78, 5) is 24.9. The maximum Gasteiger partial charge on any atom is 0.321 e. The van der Waals surface area contributed by atoms with E-state index in [0.29, 0.717) is 6.42 Å². The van der Waals surface area contributed by atoms with Crippen molar-refractivity contribution in [3.63, 3.8) is 0 Å². The molecule has 0 aromatic heterocycles. The number of benzene rings is 1. The third kappa shape index (κ3) is 3.71. The average molecular weight is 261 g/mol. The van der Waals surface area contributed by atoms with Crippen LogP contribution in [0, 0.1) is 0 Å². The molecule has 1 fully saturated rings. The molecule has 0 saturated carbocycles. The van der Waals surface area contributed by atoms with E-state index in [9.17, 15) is 9.59 Å². The highest BCUT2D eigenvalue weighted by molar-refractivity contribution is 5.89. The molecule has 5 heteroatoms. The van der Waals surface area contributed by atoms with Crippen molar-refractivity contribution in [1.29, 1.82) is 0 Å². The second kappa shape index (κ2) is 6.22. The first-order valence-electron chi connectivity index (χ1n) is 6.54. The number of hydrogen-bond acceptors (Lipinski definition) is 2. The molecule has 0 unspecified atom stereocenters. The number of likely N-dealkylation sites (N-methyl/N-ethyl adjacent to an activating group) is 1. The summed E-state index contributed by atoms with van der Waals surface area (Å²) in [5.41, 5.74) is 1.69. The zero-order valence-electron chi connectivity index (χ0n) is 11.1. The predicted octanol–water partition coefficient (Wildman–Crippen LogP) is 1.60. The van der Waals surface area contributed by atoms with E-state index >= 15 is 0 Å². The molecule has 0 bridgehead atoms. The zero-order valence-corrected chi connectivity index (χ0v) is 11.1. The van der Waals surface area contributed by atoms with Crippen LogP contribution < -0.4 is 10.6 Å². The van der Waals surface area contributed by atoms with Gasteiger partial charge in [0.2, 0.25) is 5.91 Å². The van der Waals surface area contributed by atoms with Crippen LogP contribution in [0.5, 0.6) is 0 Å². The highest BCUT2D eigenvalue weighted by Gasteiger charge is 2.17. The summed E-state index contributed by atoms with van der Waals surface area (Å²) in [6.07, 6.45) is 2.52. The van der Waals surface area contributed by atoms with Gasteiger partial charge in [0.05, 0.1) is 6.42 Å². The fraction of sp³-hybridized carbons (Fsp3) is 0.429. The van der Waals surface area contributed by atoms with Crippen molar-refractivity contribution in [2.24, 2.45) is 0 Å². The number of carbonyl (C=O) groups excluding carboxylic acids is 2. The number of carbonyl (C=O) groups is 2. The maximum absolute atomic E-state index is 11.9. The van der Waals surface area contributed by atoms with E-state index in [1.54, 1.807) is 7.05 Å². The molecule has 1 aromatic rings. The van der Waals surface area contributed by atoms with E-state index < -0.39 is 0 Å². The number of rotatable bonds is 3. The van der Waals surface area contributed by atoms with Crippen LogP contribution in [-0.4, -0.2) is 37.0 Å². The molecule has 1 saturated heterocycles. The van der Waals surface area contributed by atoms with Crippen LogP contribution in [0.3, 0.4) is 0 Å². The van der Waals surface area contributed by atoms with Crippen molar-refractivity contribution in [2.45, 2.75) is 19.3 Å². The van der Waals surface area contributed by atoms with Gasteiger partial charge in [0.15, 0.2) is 0 Å². The molecule has 2 rings (SSSR count).